The lowest BCUT2D eigenvalue weighted by Crippen LogP contribution is -2.30. The van der Waals surface area contributed by atoms with Gasteiger partial charge in [0, 0.05) is 19.3 Å². The average molecular weight is 1150 g/mol. The van der Waals surface area contributed by atoms with Crippen molar-refractivity contribution in [3.8, 4) is 0 Å². The summed E-state index contributed by atoms with van der Waals surface area (Å²) in [4.78, 5) is 38.4. The van der Waals surface area contributed by atoms with Gasteiger partial charge < -0.3 is 14.2 Å². The fourth-order valence-corrected chi connectivity index (χ4v) is 9.17. The molecule has 0 N–H and O–H groups in total. The van der Waals surface area contributed by atoms with E-state index >= 15 is 0 Å². The van der Waals surface area contributed by atoms with E-state index in [-0.39, 0.29) is 31.1 Å². The maximum Gasteiger partial charge on any atom is 0.306 e. The molecule has 0 aromatic rings. The van der Waals surface area contributed by atoms with Crippen molar-refractivity contribution in [1.82, 2.24) is 0 Å². The van der Waals surface area contributed by atoms with Crippen LogP contribution >= 0.6 is 0 Å². The Morgan fingerprint density at radius 2 is 0.470 bits per heavy atom. The molecule has 0 rings (SSSR count). The summed E-state index contributed by atoms with van der Waals surface area (Å²) in [5.74, 6) is -0.938. The van der Waals surface area contributed by atoms with E-state index in [1.807, 2.05) is 0 Å². The minimum absolute atomic E-state index is 0.0994. The Hall–Kier alpha value is -4.71. The minimum Gasteiger partial charge on any atom is -0.462 e. The van der Waals surface area contributed by atoms with Gasteiger partial charge in [0.1, 0.15) is 13.2 Å². The van der Waals surface area contributed by atoms with Gasteiger partial charge in [0.15, 0.2) is 6.10 Å². The number of allylic oxidation sites excluding steroid dienone is 24. The fourth-order valence-electron chi connectivity index (χ4n) is 9.17. The van der Waals surface area contributed by atoms with Crippen molar-refractivity contribution in [2.24, 2.45) is 0 Å². The predicted molar refractivity (Wildman–Crippen MR) is 362 cm³/mol. The van der Waals surface area contributed by atoms with Crippen LogP contribution in [0.4, 0.5) is 0 Å². The molecule has 0 aliphatic heterocycles. The van der Waals surface area contributed by atoms with Crippen LogP contribution in [0, 0.1) is 0 Å². The second kappa shape index (κ2) is 69.8. The van der Waals surface area contributed by atoms with Crippen LogP contribution in [0.25, 0.3) is 0 Å². The predicted octanol–water partition coefficient (Wildman–Crippen LogP) is 23.9. The van der Waals surface area contributed by atoms with E-state index in [1.165, 1.54) is 109 Å². The van der Waals surface area contributed by atoms with Crippen LogP contribution < -0.4 is 0 Å². The normalized spacial score (nSPS) is 13.0. The number of unbranched alkanes of at least 4 members (excludes halogenated alkanes) is 26. The zero-order chi connectivity index (χ0) is 59.9. The smallest absolute Gasteiger partial charge is 0.306 e. The number of carbonyl (C=O) groups is 3. The molecule has 0 amide bonds. The Balaban J connectivity index is 4.44. The highest BCUT2D eigenvalue weighted by Gasteiger charge is 2.19. The van der Waals surface area contributed by atoms with Gasteiger partial charge in [-0.1, -0.05) is 282 Å². The quantitative estimate of drug-likeness (QED) is 0.0261. The first-order valence-electron chi connectivity index (χ1n) is 34.3. The van der Waals surface area contributed by atoms with E-state index in [2.05, 4.69) is 167 Å². The van der Waals surface area contributed by atoms with Crippen LogP contribution in [-0.4, -0.2) is 37.2 Å². The zero-order valence-corrected chi connectivity index (χ0v) is 53.9. The number of rotatable bonds is 61. The van der Waals surface area contributed by atoms with Crippen LogP contribution in [0.15, 0.2) is 146 Å². The molecule has 0 spiro atoms. The van der Waals surface area contributed by atoms with Gasteiger partial charge >= 0.3 is 17.9 Å². The molecule has 1 atom stereocenters. The Bertz CT molecular complexity index is 1800. The fraction of sp³-hybridized carbons (Fsp3) is 0.649. The van der Waals surface area contributed by atoms with Crippen molar-refractivity contribution in [1.29, 1.82) is 0 Å². The number of carbonyl (C=O) groups excluding carboxylic acids is 3. The molecule has 0 heterocycles. The molecular weight excluding hydrogens is 1020 g/mol. The number of esters is 3. The molecule has 0 fully saturated rings. The molecule has 0 aliphatic rings. The highest BCUT2D eigenvalue weighted by Crippen LogP contribution is 2.15. The second-order valence-electron chi connectivity index (χ2n) is 22.3. The Labute approximate surface area is 512 Å². The maximum atomic E-state index is 12.9. The molecule has 83 heavy (non-hydrogen) atoms. The lowest BCUT2D eigenvalue weighted by Gasteiger charge is -2.18. The molecule has 0 aromatic carbocycles. The first-order valence-corrected chi connectivity index (χ1v) is 34.3. The van der Waals surface area contributed by atoms with Gasteiger partial charge in [0.25, 0.3) is 0 Å². The average Bonchev–Trinajstić information content (AvgIpc) is 3.49. The van der Waals surface area contributed by atoms with Crippen LogP contribution in [0.2, 0.25) is 0 Å². The summed E-state index contributed by atoms with van der Waals surface area (Å²) in [6.45, 7) is 6.47. The van der Waals surface area contributed by atoms with Gasteiger partial charge in [-0.15, -0.1) is 0 Å². The van der Waals surface area contributed by atoms with Crippen molar-refractivity contribution in [3.63, 3.8) is 0 Å². The molecule has 6 nitrogen and oxygen atoms in total. The van der Waals surface area contributed by atoms with Crippen LogP contribution in [0.5, 0.6) is 0 Å². The van der Waals surface area contributed by atoms with E-state index < -0.39 is 6.10 Å². The number of ether oxygens (including phenoxy) is 3. The third-order valence-electron chi connectivity index (χ3n) is 14.3. The molecule has 6 heteroatoms. The first kappa shape index (κ1) is 78.3. The van der Waals surface area contributed by atoms with Gasteiger partial charge in [-0.05, 0) is 148 Å². The van der Waals surface area contributed by atoms with Gasteiger partial charge in [-0.3, -0.25) is 14.4 Å². The number of hydrogen-bond acceptors (Lipinski definition) is 6. The standard InChI is InChI=1S/C77H126O6/c1-4-7-10-13-16-19-22-25-28-30-32-34-35-36-37-38-39-40-41-43-44-46-49-52-55-58-61-64-67-70-76(79)82-73-74(72-81-75(78)69-66-63-60-57-54-51-48-27-24-21-18-15-12-9-6-3)83-77(80)71-68-65-62-59-56-53-50-47-45-42-33-31-29-26-23-20-17-14-11-8-5-2/h7,10,16,18-19,21,23,25-28,31-34,36-37,39-40,43-44,48-49,52,74H,4-6,8-9,11-15,17,20,22,24,29-30,35,38,41-42,45-47,50-51,53-73H2,1-3H3/b10-7-,19-16-,21-18-,26-23-,28-25-,33-31-,34-32-,37-36-,40-39-,44-43-,48-27-,52-49-. The zero-order valence-electron chi connectivity index (χ0n) is 53.9. The summed E-state index contributed by atoms with van der Waals surface area (Å²) in [6, 6.07) is 0. The Kier molecular flexibility index (Phi) is 65.8. The third kappa shape index (κ3) is 68.0. The SMILES string of the molecule is CC/C=C\C/C=C\C/C=C\C/C=C\C/C=C\C/C=C\C/C=C\C/C=C\CCCCCCC(=O)OCC(COC(=O)CCCCCCC/C=C\C/C=C\CCCCC)OC(=O)CCCCCCCCCCC/C=C\C/C=C\CCCCCCC. The summed E-state index contributed by atoms with van der Waals surface area (Å²) in [5, 5.41) is 0. The molecule has 0 saturated heterocycles. The van der Waals surface area contributed by atoms with Crippen molar-refractivity contribution >= 4 is 17.9 Å². The van der Waals surface area contributed by atoms with E-state index in [9.17, 15) is 14.4 Å². The Morgan fingerprint density at radius 1 is 0.253 bits per heavy atom. The molecule has 470 valence electrons. The second-order valence-corrected chi connectivity index (χ2v) is 22.3. The van der Waals surface area contributed by atoms with E-state index in [0.717, 1.165) is 154 Å². The summed E-state index contributed by atoms with van der Waals surface area (Å²) in [5.41, 5.74) is 0. The maximum absolute atomic E-state index is 12.9. The van der Waals surface area contributed by atoms with E-state index in [0.29, 0.717) is 19.3 Å². The van der Waals surface area contributed by atoms with Crippen LogP contribution in [0.1, 0.15) is 303 Å². The topological polar surface area (TPSA) is 78.9 Å². The molecule has 0 aromatic heterocycles. The van der Waals surface area contributed by atoms with Gasteiger partial charge in [0.2, 0.25) is 0 Å². The minimum atomic E-state index is -0.805. The highest BCUT2D eigenvalue weighted by molar-refractivity contribution is 5.71. The molecular formula is C77H126O6. The van der Waals surface area contributed by atoms with Gasteiger partial charge in [0.05, 0.1) is 0 Å². The largest absolute Gasteiger partial charge is 0.462 e. The molecule has 0 bridgehead atoms. The van der Waals surface area contributed by atoms with Gasteiger partial charge in [-0.2, -0.15) is 0 Å². The van der Waals surface area contributed by atoms with Crippen molar-refractivity contribution in [2.75, 3.05) is 13.2 Å². The van der Waals surface area contributed by atoms with Crippen LogP contribution in [-0.2, 0) is 28.6 Å². The van der Waals surface area contributed by atoms with Crippen LogP contribution in [0.3, 0.4) is 0 Å². The van der Waals surface area contributed by atoms with Crippen molar-refractivity contribution < 1.29 is 28.6 Å². The lowest BCUT2D eigenvalue weighted by molar-refractivity contribution is -0.167. The highest BCUT2D eigenvalue weighted by atomic mass is 16.6. The van der Waals surface area contributed by atoms with Crippen molar-refractivity contribution in [3.05, 3.63) is 146 Å². The number of hydrogen-bond donors (Lipinski definition) is 0. The lowest BCUT2D eigenvalue weighted by atomic mass is 10.1. The van der Waals surface area contributed by atoms with Crippen molar-refractivity contribution in [2.45, 2.75) is 309 Å². The third-order valence-corrected chi connectivity index (χ3v) is 14.3. The summed E-state index contributed by atoms with van der Waals surface area (Å²) in [6.07, 6.45) is 100.0. The molecule has 0 radical (unpaired) electrons. The summed E-state index contributed by atoms with van der Waals surface area (Å²) >= 11 is 0. The van der Waals surface area contributed by atoms with E-state index in [1.54, 1.807) is 0 Å². The summed E-state index contributed by atoms with van der Waals surface area (Å²) in [7, 11) is 0. The summed E-state index contributed by atoms with van der Waals surface area (Å²) < 4.78 is 16.9. The molecule has 0 aliphatic carbocycles. The Morgan fingerprint density at radius 3 is 0.759 bits per heavy atom. The van der Waals surface area contributed by atoms with E-state index in [4.69, 9.17) is 14.2 Å². The monoisotopic (exact) mass is 1150 g/mol. The van der Waals surface area contributed by atoms with Gasteiger partial charge in [-0.25, -0.2) is 0 Å². The molecule has 1 unspecified atom stereocenters. The first-order chi connectivity index (χ1) is 41.0. The molecule has 0 saturated carbocycles.